The summed E-state index contributed by atoms with van der Waals surface area (Å²) in [5, 5.41) is 2.92. The van der Waals surface area contributed by atoms with E-state index in [-0.39, 0.29) is 23.3 Å². The first-order valence-corrected chi connectivity index (χ1v) is 7.34. The molecule has 0 aromatic carbocycles. The van der Waals surface area contributed by atoms with E-state index in [9.17, 15) is 9.59 Å². The lowest BCUT2D eigenvalue weighted by atomic mass is 9.84. The molecule has 108 valence electrons. The molecule has 5 heteroatoms. The van der Waals surface area contributed by atoms with Gasteiger partial charge >= 0.3 is 0 Å². The smallest absolute Gasteiger partial charge is 0.230 e. The molecule has 2 amide bonds. The van der Waals surface area contributed by atoms with Crippen LogP contribution in [0.25, 0.3) is 0 Å². The molecule has 1 saturated carbocycles. The number of nitrogens with one attached hydrogen (secondary N) is 1. The van der Waals surface area contributed by atoms with E-state index in [1.807, 2.05) is 4.90 Å². The van der Waals surface area contributed by atoms with Crippen molar-refractivity contribution in [3.63, 3.8) is 0 Å². The molecule has 1 atom stereocenters. The Hall–Kier alpha value is -1.10. The van der Waals surface area contributed by atoms with Crippen molar-refractivity contribution in [1.29, 1.82) is 0 Å². The zero-order valence-electron chi connectivity index (χ0n) is 11.8. The average Bonchev–Trinajstić information content (AvgIpc) is 2.87. The lowest BCUT2D eigenvalue weighted by molar-refractivity contribution is -0.143. The Kier molecular flexibility index (Phi) is 4.45. The summed E-state index contributed by atoms with van der Waals surface area (Å²) in [6.07, 6.45) is 5.96. The molecule has 0 bridgehead atoms. The van der Waals surface area contributed by atoms with Crippen LogP contribution in [0.15, 0.2) is 0 Å². The van der Waals surface area contributed by atoms with Crippen LogP contribution in [0.1, 0.15) is 45.4 Å². The molecule has 3 N–H and O–H groups in total. The minimum Gasteiger partial charge on any atom is -0.352 e. The predicted octanol–water partition coefficient (Wildman–Crippen LogP) is 0.633. The van der Waals surface area contributed by atoms with Gasteiger partial charge in [-0.1, -0.05) is 12.8 Å². The van der Waals surface area contributed by atoms with E-state index < -0.39 is 0 Å². The van der Waals surface area contributed by atoms with Crippen LogP contribution in [-0.4, -0.2) is 42.4 Å². The molecule has 1 heterocycles. The molecule has 19 heavy (non-hydrogen) atoms. The SMILES string of the molecule is CC(=O)NC1CCCN(C(=O)C2(CN)CCCC2)C1. The zero-order valence-corrected chi connectivity index (χ0v) is 11.8. The molecular formula is C14H25N3O2. The minimum absolute atomic E-state index is 0.0197. The molecule has 0 spiro atoms. The first-order chi connectivity index (χ1) is 9.07. The van der Waals surface area contributed by atoms with Gasteiger partial charge in [-0.3, -0.25) is 9.59 Å². The average molecular weight is 267 g/mol. The van der Waals surface area contributed by atoms with Gasteiger partial charge in [0, 0.05) is 32.6 Å². The maximum atomic E-state index is 12.7. The Balaban J connectivity index is 2.00. The van der Waals surface area contributed by atoms with Gasteiger partial charge in [0.05, 0.1) is 5.41 Å². The molecule has 2 aliphatic rings. The molecule has 0 aromatic heterocycles. The van der Waals surface area contributed by atoms with Crippen LogP contribution in [0.2, 0.25) is 0 Å². The first kappa shape index (κ1) is 14.3. The number of hydrogen-bond acceptors (Lipinski definition) is 3. The van der Waals surface area contributed by atoms with Crippen molar-refractivity contribution in [3.8, 4) is 0 Å². The summed E-state index contributed by atoms with van der Waals surface area (Å²) in [4.78, 5) is 25.8. The number of piperidine rings is 1. The highest BCUT2D eigenvalue weighted by Gasteiger charge is 2.43. The topological polar surface area (TPSA) is 75.4 Å². The van der Waals surface area contributed by atoms with Crippen LogP contribution in [0, 0.1) is 5.41 Å². The normalized spacial score (nSPS) is 26.2. The second kappa shape index (κ2) is 5.90. The lowest BCUT2D eigenvalue weighted by Gasteiger charge is -2.38. The van der Waals surface area contributed by atoms with Gasteiger partial charge in [-0.25, -0.2) is 0 Å². The number of likely N-dealkylation sites (tertiary alicyclic amines) is 1. The molecule has 1 saturated heterocycles. The van der Waals surface area contributed by atoms with E-state index in [0.29, 0.717) is 13.1 Å². The van der Waals surface area contributed by atoms with E-state index in [4.69, 9.17) is 5.73 Å². The van der Waals surface area contributed by atoms with E-state index in [1.165, 1.54) is 6.92 Å². The number of amides is 2. The van der Waals surface area contributed by atoms with Crippen LogP contribution >= 0.6 is 0 Å². The number of nitrogens with two attached hydrogens (primary N) is 1. The highest BCUT2D eigenvalue weighted by atomic mass is 16.2. The van der Waals surface area contributed by atoms with Crippen LogP contribution in [0.5, 0.6) is 0 Å². The Morgan fingerprint density at radius 2 is 2.00 bits per heavy atom. The lowest BCUT2D eigenvalue weighted by Crippen LogP contribution is -2.54. The van der Waals surface area contributed by atoms with Crippen molar-refractivity contribution in [2.75, 3.05) is 19.6 Å². The number of carbonyl (C=O) groups is 2. The van der Waals surface area contributed by atoms with Gasteiger partial charge in [0.25, 0.3) is 0 Å². The van der Waals surface area contributed by atoms with Gasteiger partial charge in [0.15, 0.2) is 0 Å². The van der Waals surface area contributed by atoms with Crippen LogP contribution < -0.4 is 11.1 Å². The van der Waals surface area contributed by atoms with Gasteiger partial charge in [-0.2, -0.15) is 0 Å². The fourth-order valence-corrected chi connectivity index (χ4v) is 3.46. The molecule has 0 aromatic rings. The van der Waals surface area contributed by atoms with Crippen molar-refractivity contribution in [2.24, 2.45) is 11.1 Å². The molecule has 5 nitrogen and oxygen atoms in total. The molecule has 0 radical (unpaired) electrons. The highest BCUT2D eigenvalue weighted by Crippen LogP contribution is 2.39. The van der Waals surface area contributed by atoms with Crippen LogP contribution in [0.4, 0.5) is 0 Å². The van der Waals surface area contributed by atoms with Crippen molar-refractivity contribution >= 4 is 11.8 Å². The number of nitrogens with zero attached hydrogens (tertiary/aromatic N) is 1. The van der Waals surface area contributed by atoms with Gasteiger partial charge in [0.2, 0.25) is 11.8 Å². The molecule has 1 aliphatic heterocycles. The summed E-state index contributed by atoms with van der Waals surface area (Å²) < 4.78 is 0. The second-order valence-electron chi connectivity index (χ2n) is 5.98. The predicted molar refractivity (Wildman–Crippen MR) is 73.4 cm³/mol. The van der Waals surface area contributed by atoms with E-state index in [2.05, 4.69) is 5.32 Å². The van der Waals surface area contributed by atoms with Gasteiger partial charge in [-0.15, -0.1) is 0 Å². The summed E-state index contributed by atoms with van der Waals surface area (Å²) in [6.45, 7) is 3.42. The van der Waals surface area contributed by atoms with Crippen molar-refractivity contribution in [2.45, 2.75) is 51.5 Å². The number of carbonyl (C=O) groups excluding carboxylic acids is 2. The molecule has 2 rings (SSSR count). The minimum atomic E-state index is -0.321. The van der Waals surface area contributed by atoms with E-state index in [0.717, 1.165) is 45.1 Å². The Morgan fingerprint density at radius 3 is 2.58 bits per heavy atom. The summed E-state index contributed by atoms with van der Waals surface area (Å²) in [7, 11) is 0. The zero-order chi connectivity index (χ0) is 13.9. The third-order valence-electron chi connectivity index (χ3n) is 4.52. The van der Waals surface area contributed by atoms with Crippen molar-refractivity contribution in [3.05, 3.63) is 0 Å². The van der Waals surface area contributed by atoms with Crippen molar-refractivity contribution in [1.82, 2.24) is 10.2 Å². The first-order valence-electron chi connectivity index (χ1n) is 7.34. The quantitative estimate of drug-likeness (QED) is 0.787. The maximum Gasteiger partial charge on any atom is 0.230 e. The fourth-order valence-electron chi connectivity index (χ4n) is 3.46. The Labute approximate surface area is 114 Å². The monoisotopic (exact) mass is 267 g/mol. The van der Waals surface area contributed by atoms with Crippen molar-refractivity contribution < 1.29 is 9.59 Å². The summed E-state index contributed by atoms with van der Waals surface area (Å²) in [6, 6.07) is 0.103. The van der Waals surface area contributed by atoms with Gasteiger partial charge in [0.1, 0.15) is 0 Å². The summed E-state index contributed by atoms with van der Waals surface area (Å²) in [5.41, 5.74) is 5.55. The molecule has 2 fully saturated rings. The molecule has 1 aliphatic carbocycles. The van der Waals surface area contributed by atoms with Crippen LogP contribution in [0.3, 0.4) is 0 Å². The third kappa shape index (κ3) is 3.08. The number of rotatable bonds is 3. The largest absolute Gasteiger partial charge is 0.352 e. The van der Waals surface area contributed by atoms with Crippen LogP contribution in [-0.2, 0) is 9.59 Å². The fraction of sp³-hybridized carbons (Fsp3) is 0.857. The summed E-state index contributed by atoms with van der Waals surface area (Å²) >= 11 is 0. The Bertz CT molecular complexity index is 351. The standard InChI is InChI=1S/C14H25N3O2/c1-11(18)16-12-5-4-8-17(9-12)13(19)14(10-15)6-2-3-7-14/h12H,2-10,15H2,1H3,(H,16,18). The highest BCUT2D eigenvalue weighted by molar-refractivity contribution is 5.83. The number of hydrogen-bond donors (Lipinski definition) is 2. The maximum absolute atomic E-state index is 12.7. The molecule has 1 unspecified atom stereocenters. The second-order valence-corrected chi connectivity index (χ2v) is 5.98. The third-order valence-corrected chi connectivity index (χ3v) is 4.52. The van der Waals surface area contributed by atoms with E-state index in [1.54, 1.807) is 0 Å². The van der Waals surface area contributed by atoms with Gasteiger partial charge in [-0.05, 0) is 25.7 Å². The summed E-state index contributed by atoms with van der Waals surface area (Å²) in [5.74, 6) is 0.191. The van der Waals surface area contributed by atoms with E-state index >= 15 is 0 Å². The Morgan fingerprint density at radius 1 is 1.32 bits per heavy atom. The molecular weight excluding hydrogens is 242 g/mol. The van der Waals surface area contributed by atoms with Gasteiger partial charge < -0.3 is 16.0 Å².